The van der Waals surface area contributed by atoms with E-state index in [0.29, 0.717) is 6.04 Å². The van der Waals surface area contributed by atoms with E-state index in [2.05, 4.69) is 36.9 Å². The Morgan fingerprint density at radius 2 is 1.88 bits per heavy atom. The highest BCUT2D eigenvalue weighted by atomic mass is 15.2. The van der Waals surface area contributed by atoms with Gasteiger partial charge in [0.05, 0.1) is 0 Å². The molecule has 1 unspecified atom stereocenters. The second kappa shape index (κ2) is 5.65. The summed E-state index contributed by atoms with van der Waals surface area (Å²) in [6, 6.07) is 7.43. The first-order valence-corrected chi connectivity index (χ1v) is 6.70. The number of aryl methyl sites for hydroxylation is 2. The molecular formula is C15H24N2. The Hall–Kier alpha value is -0.860. The quantitative estimate of drug-likeness (QED) is 0.868. The third-order valence-corrected chi connectivity index (χ3v) is 3.69. The van der Waals surface area contributed by atoms with Gasteiger partial charge < -0.3 is 5.73 Å². The van der Waals surface area contributed by atoms with Gasteiger partial charge in [0.2, 0.25) is 0 Å². The SMILES string of the molecule is Cc1cc(C)cc(CN2CCCCC2CN)c1. The maximum Gasteiger partial charge on any atom is 0.0237 e. The van der Waals surface area contributed by atoms with E-state index in [1.165, 1.54) is 42.5 Å². The largest absolute Gasteiger partial charge is 0.329 e. The third kappa shape index (κ3) is 3.30. The van der Waals surface area contributed by atoms with Crippen molar-refractivity contribution in [3.8, 4) is 0 Å². The zero-order valence-electron chi connectivity index (χ0n) is 11.1. The lowest BCUT2D eigenvalue weighted by Crippen LogP contribution is -2.43. The molecule has 0 saturated carbocycles. The van der Waals surface area contributed by atoms with E-state index >= 15 is 0 Å². The van der Waals surface area contributed by atoms with Crippen molar-refractivity contribution in [3.63, 3.8) is 0 Å². The standard InChI is InChI=1S/C15H24N2/c1-12-7-13(2)9-14(8-12)11-17-6-4-3-5-15(17)10-16/h7-9,15H,3-6,10-11,16H2,1-2H3. The number of piperidine rings is 1. The van der Waals surface area contributed by atoms with Crippen LogP contribution >= 0.6 is 0 Å². The number of hydrogen-bond acceptors (Lipinski definition) is 2. The predicted molar refractivity (Wildman–Crippen MR) is 73.0 cm³/mol. The lowest BCUT2D eigenvalue weighted by Gasteiger charge is -2.35. The molecule has 17 heavy (non-hydrogen) atoms. The first-order chi connectivity index (χ1) is 8.19. The Bertz CT molecular complexity index is 353. The summed E-state index contributed by atoms with van der Waals surface area (Å²) in [4.78, 5) is 2.55. The van der Waals surface area contributed by atoms with E-state index in [9.17, 15) is 0 Å². The Kier molecular flexibility index (Phi) is 4.19. The molecule has 0 amide bonds. The maximum atomic E-state index is 5.87. The zero-order chi connectivity index (χ0) is 12.3. The number of likely N-dealkylation sites (tertiary alicyclic amines) is 1. The molecule has 1 saturated heterocycles. The summed E-state index contributed by atoms with van der Waals surface area (Å²) in [5.74, 6) is 0. The van der Waals surface area contributed by atoms with E-state index < -0.39 is 0 Å². The lowest BCUT2D eigenvalue weighted by atomic mass is 10.0. The van der Waals surface area contributed by atoms with Crippen LogP contribution in [0.25, 0.3) is 0 Å². The summed E-state index contributed by atoms with van der Waals surface area (Å²) in [6.07, 6.45) is 3.92. The summed E-state index contributed by atoms with van der Waals surface area (Å²) < 4.78 is 0. The van der Waals surface area contributed by atoms with Gasteiger partial charge in [-0.2, -0.15) is 0 Å². The van der Waals surface area contributed by atoms with Crippen LogP contribution in [-0.2, 0) is 6.54 Å². The molecule has 1 aromatic carbocycles. The minimum absolute atomic E-state index is 0.588. The Morgan fingerprint density at radius 1 is 1.18 bits per heavy atom. The molecule has 0 radical (unpaired) electrons. The number of nitrogens with zero attached hydrogens (tertiary/aromatic N) is 1. The summed E-state index contributed by atoms with van der Waals surface area (Å²) in [7, 11) is 0. The van der Waals surface area contributed by atoms with Crippen molar-refractivity contribution in [2.75, 3.05) is 13.1 Å². The average Bonchev–Trinajstić information content (AvgIpc) is 2.28. The molecule has 1 aromatic rings. The molecule has 0 spiro atoms. The Morgan fingerprint density at radius 3 is 2.53 bits per heavy atom. The Balaban J connectivity index is 2.08. The van der Waals surface area contributed by atoms with Crippen molar-refractivity contribution >= 4 is 0 Å². The van der Waals surface area contributed by atoms with Crippen LogP contribution in [0.3, 0.4) is 0 Å². The van der Waals surface area contributed by atoms with E-state index in [1.807, 2.05) is 0 Å². The third-order valence-electron chi connectivity index (χ3n) is 3.69. The summed E-state index contributed by atoms with van der Waals surface area (Å²) in [5, 5.41) is 0. The number of hydrogen-bond donors (Lipinski definition) is 1. The molecule has 1 heterocycles. The van der Waals surface area contributed by atoms with Crippen molar-refractivity contribution in [2.24, 2.45) is 5.73 Å². The molecule has 1 aliphatic rings. The van der Waals surface area contributed by atoms with Crippen LogP contribution in [0, 0.1) is 13.8 Å². The highest BCUT2D eigenvalue weighted by Gasteiger charge is 2.20. The average molecular weight is 232 g/mol. The van der Waals surface area contributed by atoms with Crippen LogP contribution in [0.15, 0.2) is 18.2 Å². The number of benzene rings is 1. The number of nitrogens with two attached hydrogens (primary N) is 1. The van der Waals surface area contributed by atoms with Gasteiger partial charge in [-0.1, -0.05) is 35.7 Å². The molecule has 2 rings (SSSR count). The van der Waals surface area contributed by atoms with Crippen LogP contribution in [0.2, 0.25) is 0 Å². The van der Waals surface area contributed by atoms with Gasteiger partial charge in [-0.05, 0) is 38.8 Å². The van der Waals surface area contributed by atoms with Gasteiger partial charge in [0.1, 0.15) is 0 Å². The second-order valence-corrected chi connectivity index (χ2v) is 5.35. The summed E-state index contributed by atoms with van der Waals surface area (Å²) in [5.41, 5.74) is 10.0. The molecule has 0 bridgehead atoms. The molecule has 2 N–H and O–H groups in total. The van der Waals surface area contributed by atoms with Crippen LogP contribution in [0.4, 0.5) is 0 Å². The molecule has 0 aliphatic carbocycles. The zero-order valence-corrected chi connectivity index (χ0v) is 11.1. The van der Waals surface area contributed by atoms with Crippen LogP contribution in [0.1, 0.15) is 36.0 Å². The van der Waals surface area contributed by atoms with Gasteiger partial charge in [0.15, 0.2) is 0 Å². The van der Waals surface area contributed by atoms with E-state index in [0.717, 1.165) is 13.1 Å². The molecule has 0 aromatic heterocycles. The fourth-order valence-corrected chi connectivity index (χ4v) is 2.93. The number of rotatable bonds is 3. The maximum absolute atomic E-state index is 5.87. The smallest absolute Gasteiger partial charge is 0.0237 e. The van der Waals surface area contributed by atoms with E-state index in [-0.39, 0.29) is 0 Å². The van der Waals surface area contributed by atoms with Gasteiger partial charge in [-0.15, -0.1) is 0 Å². The monoisotopic (exact) mass is 232 g/mol. The van der Waals surface area contributed by atoms with Crippen molar-refractivity contribution in [1.82, 2.24) is 4.90 Å². The van der Waals surface area contributed by atoms with Crippen LogP contribution in [-0.4, -0.2) is 24.0 Å². The van der Waals surface area contributed by atoms with E-state index in [4.69, 9.17) is 5.73 Å². The Labute approximate surface area is 105 Å². The molecular weight excluding hydrogens is 208 g/mol. The van der Waals surface area contributed by atoms with Gasteiger partial charge in [0, 0.05) is 19.1 Å². The highest BCUT2D eigenvalue weighted by molar-refractivity contribution is 5.28. The van der Waals surface area contributed by atoms with Gasteiger partial charge >= 0.3 is 0 Å². The molecule has 1 atom stereocenters. The topological polar surface area (TPSA) is 29.3 Å². The predicted octanol–water partition coefficient (Wildman–Crippen LogP) is 2.62. The highest BCUT2D eigenvalue weighted by Crippen LogP contribution is 2.20. The molecule has 1 aliphatic heterocycles. The van der Waals surface area contributed by atoms with Gasteiger partial charge in [0.25, 0.3) is 0 Å². The van der Waals surface area contributed by atoms with Gasteiger partial charge in [-0.25, -0.2) is 0 Å². The minimum Gasteiger partial charge on any atom is -0.329 e. The van der Waals surface area contributed by atoms with Crippen molar-refractivity contribution in [3.05, 3.63) is 34.9 Å². The fourth-order valence-electron chi connectivity index (χ4n) is 2.93. The first-order valence-electron chi connectivity index (χ1n) is 6.70. The van der Waals surface area contributed by atoms with Crippen molar-refractivity contribution in [2.45, 2.75) is 45.7 Å². The molecule has 2 heteroatoms. The van der Waals surface area contributed by atoms with Crippen LogP contribution in [0.5, 0.6) is 0 Å². The summed E-state index contributed by atoms with van der Waals surface area (Å²) >= 11 is 0. The normalized spacial score (nSPS) is 21.7. The second-order valence-electron chi connectivity index (χ2n) is 5.35. The van der Waals surface area contributed by atoms with E-state index in [1.54, 1.807) is 0 Å². The molecule has 1 fully saturated rings. The summed E-state index contributed by atoms with van der Waals surface area (Å²) in [6.45, 7) is 7.41. The van der Waals surface area contributed by atoms with Crippen LogP contribution < -0.4 is 5.73 Å². The fraction of sp³-hybridized carbons (Fsp3) is 0.600. The van der Waals surface area contributed by atoms with Gasteiger partial charge in [-0.3, -0.25) is 4.90 Å². The molecule has 94 valence electrons. The minimum atomic E-state index is 0.588. The van der Waals surface area contributed by atoms with Crippen molar-refractivity contribution in [1.29, 1.82) is 0 Å². The molecule has 2 nitrogen and oxygen atoms in total. The van der Waals surface area contributed by atoms with Crippen molar-refractivity contribution < 1.29 is 0 Å². The first kappa shape index (κ1) is 12.6. The lowest BCUT2D eigenvalue weighted by molar-refractivity contribution is 0.145.